The first-order valence-electron chi connectivity index (χ1n) is 7.30. The third kappa shape index (κ3) is 5.78. The molecule has 1 aliphatic heterocycles. The summed E-state index contributed by atoms with van der Waals surface area (Å²) >= 11 is -0.622. The second kappa shape index (κ2) is 9.02. The van der Waals surface area contributed by atoms with Gasteiger partial charge in [-0.25, -0.2) is 0 Å². The molecule has 1 atom stereocenters. The zero-order chi connectivity index (χ0) is 17.5. The standard InChI is InChI=1S/C16H18O7Te/c1-10(2)15(18)22-8-12-4-3-11(24-12)7-20-9-14(17)23-13-5-6-21-16(13)19/h3-4,13H,1,5-9H2,2H3. The molecule has 8 heteroatoms. The Balaban J connectivity index is 1.67. The van der Waals surface area contributed by atoms with Crippen LogP contribution < -0.4 is 0 Å². The van der Waals surface area contributed by atoms with E-state index in [0.717, 1.165) is 7.16 Å². The molecule has 0 aliphatic carbocycles. The van der Waals surface area contributed by atoms with Gasteiger partial charge in [0.05, 0.1) is 0 Å². The third-order valence-corrected chi connectivity index (χ3v) is 5.98. The van der Waals surface area contributed by atoms with Crippen LogP contribution >= 0.6 is 0 Å². The van der Waals surface area contributed by atoms with Crippen LogP contribution in [0.25, 0.3) is 0 Å². The molecule has 1 saturated heterocycles. The molecule has 1 aliphatic rings. The Bertz CT molecular complexity index is 634. The maximum absolute atomic E-state index is 11.6. The molecular weight excluding hydrogens is 432 g/mol. The fraction of sp³-hybridized carbons (Fsp3) is 0.438. The Hall–Kier alpha value is -1.62. The Morgan fingerprint density at radius 3 is 2.67 bits per heavy atom. The van der Waals surface area contributed by atoms with Crippen LogP contribution in [0.1, 0.15) is 20.5 Å². The summed E-state index contributed by atoms with van der Waals surface area (Å²) in [4.78, 5) is 34.1. The summed E-state index contributed by atoms with van der Waals surface area (Å²) in [5.41, 5.74) is 0.371. The maximum atomic E-state index is 11.6. The monoisotopic (exact) mass is 452 g/mol. The third-order valence-electron chi connectivity index (χ3n) is 3.04. The van der Waals surface area contributed by atoms with Gasteiger partial charge in [-0.3, -0.25) is 0 Å². The number of carbonyl (C=O) groups is 3. The molecule has 0 spiro atoms. The molecule has 1 unspecified atom stereocenters. The van der Waals surface area contributed by atoms with E-state index in [1.807, 2.05) is 12.1 Å². The van der Waals surface area contributed by atoms with E-state index < -0.39 is 44.4 Å². The van der Waals surface area contributed by atoms with E-state index in [9.17, 15) is 14.4 Å². The minimum atomic E-state index is -0.808. The molecule has 2 rings (SSSR count). The number of rotatable bonds is 8. The van der Waals surface area contributed by atoms with Crippen LogP contribution in [0.3, 0.4) is 0 Å². The van der Waals surface area contributed by atoms with Crippen molar-refractivity contribution in [2.24, 2.45) is 0 Å². The number of hydrogen-bond acceptors (Lipinski definition) is 7. The van der Waals surface area contributed by atoms with Crippen molar-refractivity contribution < 1.29 is 33.3 Å². The van der Waals surface area contributed by atoms with Gasteiger partial charge in [0, 0.05) is 0 Å². The van der Waals surface area contributed by atoms with Crippen molar-refractivity contribution in [3.8, 4) is 0 Å². The van der Waals surface area contributed by atoms with E-state index >= 15 is 0 Å². The van der Waals surface area contributed by atoms with Crippen LogP contribution in [-0.2, 0) is 46.5 Å². The van der Waals surface area contributed by atoms with E-state index in [-0.39, 0.29) is 19.8 Å². The first kappa shape index (κ1) is 18.7. The Morgan fingerprint density at radius 1 is 1.33 bits per heavy atom. The van der Waals surface area contributed by atoms with Gasteiger partial charge < -0.3 is 0 Å². The van der Waals surface area contributed by atoms with E-state index in [0.29, 0.717) is 18.6 Å². The average Bonchev–Trinajstić information content (AvgIpc) is 3.14. The number of cyclic esters (lactones) is 1. The van der Waals surface area contributed by atoms with Gasteiger partial charge in [0.25, 0.3) is 0 Å². The van der Waals surface area contributed by atoms with E-state index in [1.54, 1.807) is 6.92 Å². The summed E-state index contributed by atoms with van der Waals surface area (Å²) in [5, 5.41) is 0. The first-order valence-corrected chi connectivity index (χ1v) is 9.63. The molecule has 130 valence electrons. The average molecular weight is 450 g/mol. The van der Waals surface area contributed by atoms with Crippen molar-refractivity contribution >= 4 is 38.3 Å². The molecule has 0 N–H and O–H groups in total. The Labute approximate surface area is 149 Å². The molecule has 0 radical (unpaired) electrons. The van der Waals surface area contributed by atoms with Gasteiger partial charge in [0.15, 0.2) is 0 Å². The van der Waals surface area contributed by atoms with Gasteiger partial charge >= 0.3 is 149 Å². The predicted molar refractivity (Wildman–Crippen MR) is 83.1 cm³/mol. The van der Waals surface area contributed by atoms with Crippen molar-refractivity contribution in [3.63, 3.8) is 0 Å². The van der Waals surface area contributed by atoms with Gasteiger partial charge in [-0.1, -0.05) is 0 Å². The van der Waals surface area contributed by atoms with Gasteiger partial charge in [0.1, 0.15) is 0 Å². The molecule has 1 aromatic heterocycles. The number of ether oxygens (including phenoxy) is 4. The molecule has 0 saturated carbocycles. The SMILES string of the molecule is C=C(C)C(=O)OCc1ccc(COCC(=O)OC2CCOC2=O)[te]1. The van der Waals surface area contributed by atoms with Crippen molar-refractivity contribution in [2.75, 3.05) is 13.2 Å². The first-order chi connectivity index (χ1) is 11.5. The quantitative estimate of drug-likeness (QED) is 0.250. The number of esters is 3. The Kier molecular flexibility index (Phi) is 7.03. The summed E-state index contributed by atoms with van der Waals surface area (Å²) in [6.07, 6.45) is -0.421. The molecular formula is C16H18O7Te. The topological polar surface area (TPSA) is 88.1 Å². The van der Waals surface area contributed by atoms with Crippen LogP contribution in [0.5, 0.6) is 0 Å². The van der Waals surface area contributed by atoms with Crippen LogP contribution in [0.2, 0.25) is 0 Å². The normalized spacial score (nSPS) is 16.5. The van der Waals surface area contributed by atoms with Crippen LogP contribution in [0, 0.1) is 0 Å². The summed E-state index contributed by atoms with van der Waals surface area (Å²) in [7, 11) is 0. The van der Waals surface area contributed by atoms with Gasteiger partial charge in [-0.2, -0.15) is 0 Å². The summed E-state index contributed by atoms with van der Waals surface area (Å²) in [5.74, 6) is -1.49. The fourth-order valence-electron chi connectivity index (χ4n) is 1.85. The summed E-state index contributed by atoms with van der Waals surface area (Å²) in [6, 6.07) is 3.84. The van der Waals surface area contributed by atoms with E-state index in [2.05, 4.69) is 6.58 Å². The predicted octanol–water partition coefficient (Wildman–Crippen LogP) is 0.738. The zero-order valence-corrected chi connectivity index (χ0v) is 15.6. The second-order valence-corrected chi connectivity index (χ2v) is 8.73. The summed E-state index contributed by atoms with van der Waals surface area (Å²) in [6.45, 7) is 5.77. The summed E-state index contributed by atoms with van der Waals surface area (Å²) < 4.78 is 22.3. The van der Waals surface area contributed by atoms with Gasteiger partial charge in [-0.15, -0.1) is 0 Å². The second-order valence-electron chi connectivity index (χ2n) is 5.15. The van der Waals surface area contributed by atoms with Crippen LogP contribution in [-0.4, -0.2) is 57.7 Å². The van der Waals surface area contributed by atoms with Crippen molar-refractivity contribution in [3.05, 3.63) is 31.4 Å². The van der Waals surface area contributed by atoms with Crippen molar-refractivity contribution in [2.45, 2.75) is 32.7 Å². The zero-order valence-electron chi connectivity index (χ0n) is 13.2. The Morgan fingerprint density at radius 2 is 2.04 bits per heavy atom. The van der Waals surface area contributed by atoms with Crippen molar-refractivity contribution in [1.29, 1.82) is 0 Å². The molecule has 1 fully saturated rings. The molecule has 0 aromatic carbocycles. The van der Waals surface area contributed by atoms with Crippen LogP contribution in [0.4, 0.5) is 0 Å². The van der Waals surface area contributed by atoms with Gasteiger partial charge in [-0.05, 0) is 0 Å². The van der Waals surface area contributed by atoms with Crippen LogP contribution in [0.15, 0.2) is 24.3 Å². The molecule has 0 bridgehead atoms. The molecule has 0 amide bonds. The molecule has 24 heavy (non-hydrogen) atoms. The number of carbonyl (C=O) groups excluding carboxylic acids is 3. The minimum absolute atomic E-state index is 0.214. The van der Waals surface area contributed by atoms with Gasteiger partial charge in [0.2, 0.25) is 0 Å². The molecule has 7 nitrogen and oxygen atoms in total. The fourth-order valence-corrected chi connectivity index (χ4v) is 4.33. The van der Waals surface area contributed by atoms with Crippen molar-refractivity contribution in [1.82, 2.24) is 0 Å². The van der Waals surface area contributed by atoms with E-state index in [4.69, 9.17) is 18.9 Å². The van der Waals surface area contributed by atoms with E-state index in [1.165, 1.54) is 0 Å². The number of hydrogen-bond donors (Lipinski definition) is 0. The molecule has 2 heterocycles. The molecule has 1 aromatic rings.